The van der Waals surface area contributed by atoms with Crippen molar-refractivity contribution in [3.8, 4) is 0 Å². The summed E-state index contributed by atoms with van der Waals surface area (Å²) in [6.07, 6.45) is 4.71. The van der Waals surface area contributed by atoms with Gasteiger partial charge in [-0.2, -0.15) is 8.42 Å². The van der Waals surface area contributed by atoms with E-state index < -0.39 is 53.5 Å². The van der Waals surface area contributed by atoms with Crippen LogP contribution >= 0.6 is 0 Å². The number of hydrogen-bond donors (Lipinski definition) is 3. The fourth-order valence-electron chi connectivity index (χ4n) is 3.36. The Morgan fingerprint density at radius 3 is 2.10 bits per heavy atom. The zero-order valence-corrected chi connectivity index (χ0v) is 21.6. The van der Waals surface area contributed by atoms with Crippen LogP contribution in [0.15, 0.2) is 4.99 Å². The molecule has 10 nitrogen and oxygen atoms in total. The molecule has 12 heteroatoms. The number of methoxy groups -OCH3 is 1. The summed E-state index contributed by atoms with van der Waals surface area (Å²) in [6.45, 7) is 1.46. The van der Waals surface area contributed by atoms with Gasteiger partial charge in [0.15, 0.2) is 6.29 Å². The molecule has 0 amide bonds. The Morgan fingerprint density at radius 1 is 1.03 bits per heavy atom. The van der Waals surface area contributed by atoms with Gasteiger partial charge in [-0.3, -0.25) is 9.55 Å². The van der Waals surface area contributed by atoms with Crippen LogP contribution in [0.3, 0.4) is 0 Å². The van der Waals surface area contributed by atoms with E-state index in [0.717, 1.165) is 19.3 Å². The number of rotatable bonds is 15. The number of aliphatic hydroxyl groups is 2. The molecule has 0 radical (unpaired) electrons. The average molecular weight is 478 g/mol. The van der Waals surface area contributed by atoms with Gasteiger partial charge in [0.25, 0.3) is 0 Å². The molecule has 0 aromatic heterocycles. The second-order valence-corrected chi connectivity index (χ2v) is 8.66. The van der Waals surface area contributed by atoms with E-state index in [1.165, 1.54) is 39.2 Å². The minimum Gasteiger partial charge on any atom is -0.862 e. The van der Waals surface area contributed by atoms with E-state index in [-0.39, 0.29) is 36.0 Å². The number of hydrogen-bond acceptors (Lipinski definition) is 9. The number of aliphatic hydroxyl groups excluding tert-OH is 2. The first-order valence-electron chi connectivity index (χ1n) is 10.6. The van der Waals surface area contributed by atoms with Crippen LogP contribution < -0.4 is 34.7 Å². The van der Waals surface area contributed by atoms with Crippen molar-refractivity contribution in [2.45, 2.75) is 102 Å². The molecule has 31 heavy (non-hydrogen) atoms. The van der Waals surface area contributed by atoms with Crippen molar-refractivity contribution in [3.05, 3.63) is 0 Å². The van der Waals surface area contributed by atoms with Gasteiger partial charge in [0.1, 0.15) is 24.4 Å². The van der Waals surface area contributed by atoms with Crippen LogP contribution in [0, 0.1) is 0 Å². The number of nitrogens with zero attached hydrogens (tertiary/aromatic N) is 1. The van der Waals surface area contributed by atoms with Crippen molar-refractivity contribution >= 4 is 16.3 Å². The molecule has 0 bridgehead atoms. The SMILES string of the molecule is CCCCCCCCCCCC([O-])=N[C@H]1C(OC)O[C@H](COS(=O)(=O)O)[C@@H](O)[C@@H]1O.[Na+]. The molecule has 0 spiro atoms. The monoisotopic (exact) mass is 477 g/mol. The Morgan fingerprint density at radius 2 is 1.58 bits per heavy atom. The van der Waals surface area contributed by atoms with Gasteiger partial charge in [0.2, 0.25) is 0 Å². The van der Waals surface area contributed by atoms with Crippen molar-refractivity contribution in [2.24, 2.45) is 4.99 Å². The van der Waals surface area contributed by atoms with Gasteiger partial charge in [0, 0.05) is 7.11 Å². The molecular weight excluding hydrogens is 441 g/mol. The predicted molar refractivity (Wildman–Crippen MR) is 108 cm³/mol. The fourth-order valence-corrected chi connectivity index (χ4v) is 3.66. The Kier molecular flexibility index (Phi) is 16.8. The Bertz CT molecular complexity index is 603. The van der Waals surface area contributed by atoms with E-state index >= 15 is 0 Å². The molecule has 1 heterocycles. The zero-order valence-electron chi connectivity index (χ0n) is 18.8. The van der Waals surface area contributed by atoms with Crippen molar-refractivity contribution in [2.75, 3.05) is 13.7 Å². The van der Waals surface area contributed by atoms with Crippen molar-refractivity contribution in [1.29, 1.82) is 0 Å². The second-order valence-electron chi connectivity index (χ2n) is 7.56. The standard InChI is InChI=1S/C19H37NO9S.Na/c1-3-4-5-6-7-8-9-10-11-12-15(21)20-16-18(23)17(22)14(29-19(16)27-2)13-28-30(24,25)26;/h14,16-19,22-23H,3-13H2,1-2H3,(H,20,21)(H,24,25,26);/q;+1/p-1/t14-,16-,17-,18-,19?;/m1./s1. The van der Waals surface area contributed by atoms with Gasteiger partial charge in [-0.1, -0.05) is 58.3 Å². The first-order valence-corrected chi connectivity index (χ1v) is 12.0. The van der Waals surface area contributed by atoms with Crippen molar-refractivity contribution < 1.29 is 71.5 Å². The molecule has 1 fully saturated rings. The molecule has 0 saturated carbocycles. The third-order valence-corrected chi connectivity index (χ3v) is 5.50. The summed E-state index contributed by atoms with van der Waals surface area (Å²) in [4.78, 5) is 3.92. The first kappa shape index (κ1) is 31.2. The van der Waals surface area contributed by atoms with E-state index in [1.54, 1.807) is 0 Å². The Balaban J connectivity index is 0.00000900. The third kappa shape index (κ3) is 12.9. The maximum atomic E-state index is 12.2. The summed E-state index contributed by atoms with van der Waals surface area (Å²) in [7, 11) is -3.47. The van der Waals surface area contributed by atoms with Crippen LogP contribution in [-0.4, -0.2) is 73.4 Å². The van der Waals surface area contributed by atoms with Gasteiger partial charge >= 0.3 is 40.0 Å². The van der Waals surface area contributed by atoms with E-state index in [4.69, 9.17) is 14.0 Å². The van der Waals surface area contributed by atoms with Crippen LogP contribution in [0.5, 0.6) is 0 Å². The Labute approximate surface area is 207 Å². The first-order chi connectivity index (χ1) is 14.2. The van der Waals surface area contributed by atoms with E-state index in [2.05, 4.69) is 16.1 Å². The molecule has 1 rings (SSSR count). The number of aliphatic imine (C=N–C) groups is 1. The molecule has 1 aliphatic heterocycles. The second kappa shape index (κ2) is 16.7. The van der Waals surface area contributed by atoms with E-state index in [1.807, 2.05) is 0 Å². The van der Waals surface area contributed by atoms with Crippen LogP contribution in [0.1, 0.15) is 71.1 Å². The summed E-state index contributed by atoms with van der Waals surface area (Å²) in [5, 5.41) is 32.6. The smallest absolute Gasteiger partial charge is 0.862 e. The molecule has 1 saturated heterocycles. The van der Waals surface area contributed by atoms with Crippen LogP contribution in [0.2, 0.25) is 0 Å². The molecule has 1 unspecified atom stereocenters. The van der Waals surface area contributed by atoms with Gasteiger partial charge in [-0.15, -0.1) is 0 Å². The molecule has 3 N–H and O–H groups in total. The zero-order chi connectivity index (χ0) is 22.6. The minimum absolute atomic E-state index is 0. The number of unbranched alkanes of at least 4 members (excludes halogenated alkanes) is 8. The molecule has 0 aromatic rings. The molecule has 1 aliphatic rings. The molecule has 0 aliphatic carbocycles. The van der Waals surface area contributed by atoms with Crippen LogP contribution in [-0.2, 0) is 24.1 Å². The van der Waals surface area contributed by atoms with E-state index in [9.17, 15) is 23.7 Å². The quantitative estimate of drug-likeness (QED) is 0.0794. The molecule has 178 valence electrons. The third-order valence-electron chi connectivity index (χ3n) is 5.07. The maximum Gasteiger partial charge on any atom is 1.00 e. The van der Waals surface area contributed by atoms with Crippen molar-refractivity contribution in [1.82, 2.24) is 0 Å². The maximum absolute atomic E-state index is 12.2. The van der Waals surface area contributed by atoms with Gasteiger partial charge in [-0.05, 0) is 18.7 Å². The molecule has 0 aromatic carbocycles. The number of ether oxygens (including phenoxy) is 2. The summed E-state index contributed by atoms with van der Waals surface area (Å²) >= 11 is 0. The normalized spacial score (nSPS) is 27.1. The van der Waals surface area contributed by atoms with Crippen LogP contribution in [0.4, 0.5) is 0 Å². The van der Waals surface area contributed by atoms with Gasteiger partial charge in [-0.25, -0.2) is 4.18 Å². The predicted octanol–water partition coefficient (Wildman–Crippen LogP) is -2.05. The van der Waals surface area contributed by atoms with Crippen molar-refractivity contribution in [3.63, 3.8) is 0 Å². The largest absolute Gasteiger partial charge is 1.00 e. The topological polar surface area (TPSA) is 158 Å². The Hall–Kier alpha value is 0.180. The molecule has 5 atom stereocenters. The van der Waals surface area contributed by atoms with Gasteiger partial charge in [0.05, 0.1) is 6.61 Å². The average Bonchev–Trinajstić information content (AvgIpc) is 2.69. The summed E-state index contributed by atoms with van der Waals surface area (Å²) in [5.41, 5.74) is 0. The summed E-state index contributed by atoms with van der Waals surface area (Å²) in [5.74, 6) is -0.424. The molecular formula is C19H36NNaO9S. The van der Waals surface area contributed by atoms with Crippen LogP contribution in [0.25, 0.3) is 0 Å². The summed E-state index contributed by atoms with van der Waals surface area (Å²) < 4.78 is 44.6. The summed E-state index contributed by atoms with van der Waals surface area (Å²) in [6, 6.07) is -1.15. The minimum atomic E-state index is -4.74. The van der Waals surface area contributed by atoms with Gasteiger partial charge < -0.3 is 24.8 Å². The fraction of sp³-hybridized carbons (Fsp3) is 0.947. The van der Waals surface area contributed by atoms with E-state index in [0.29, 0.717) is 6.42 Å².